The number of amides is 1. The van der Waals surface area contributed by atoms with Crippen LogP contribution in [0.4, 0.5) is 0 Å². The molecular formula is C14H17NO3. The Labute approximate surface area is 106 Å². The Morgan fingerprint density at radius 1 is 1.44 bits per heavy atom. The summed E-state index contributed by atoms with van der Waals surface area (Å²) in [6.45, 7) is 2.62. The van der Waals surface area contributed by atoms with Crippen LogP contribution in [0, 0.1) is 0 Å². The fraction of sp³-hybridized carbons (Fsp3) is 0.429. The number of aliphatic carboxylic acids is 1. The quantitative estimate of drug-likeness (QED) is 0.884. The van der Waals surface area contributed by atoms with Crippen molar-refractivity contribution in [2.45, 2.75) is 32.2 Å². The minimum absolute atomic E-state index is 0.174. The van der Waals surface area contributed by atoms with E-state index in [0.717, 1.165) is 18.4 Å². The minimum atomic E-state index is -0.917. The van der Waals surface area contributed by atoms with Crippen molar-refractivity contribution >= 4 is 11.9 Å². The second kappa shape index (κ2) is 5.21. The van der Waals surface area contributed by atoms with Crippen molar-refractivity contribution in [1.29, 1.82) is 0 Å². The summed E-state index contributed by atoms with van der Waals surface area (Å²) in [5, 5.41) is 8.94. The van der Waals surface area contributed by atoms with Gasteiger partial charge in [-0.25, -0.2) is 4.79 Å². The Morgan fingerprint density at radius 3 is 2.78 bits per heavy atom. The van der Waals surface area contributed by atoms with Crippen molar-refractivity contribution in [2.75, 3.05) is 6.54 Å². The third kappa shape index (κ3) is 2.37. The molecule has 1 amide bonds. The van der Waals surface area contributed by atoms with Gasteiger partial charge in [-0.2, -0.15) is 0 Å². The summed E-state index contributed by atoms with van der Waals surface area (Å²) in [5.74, 6) is -1.09. The molecule has 1 aromatic carbocycles. The largest absolute Gasteiger partial charge is 0.480 e. The molecule has 96 valence electrons. The van der Waals surface area contributed by atoms with E-state index < -0.39 is 12.0 Å². The molecule has 0 bridgehead atoms. The lowest BCUT2D eigenvalue weighted by Gasteiger charge is -2.38. The van der Waals surface area contributed by atoms with Gasteiger partial charge in [0, 0.05) is 12.1 Å². The number of rotatable bonds is 4. The van der Waals surface area contributed by atoms with E-state index >= 15 is 0 Å². The molecule has 18 heavy (non-hydrogen) atoms. The average Bonchev–Trinajstić information content (AvgIpc) is 2.27. The first kappa shape index (κ1) is 12.6. The first-order valence-corrected chi connectivity index (χ1v) is 6.26. The van der Waals surface area contributed by atoms with Gasteiger partial charge >= 0.3 is 5.97 Å². The lowest BCUT2D eigenvalue weighted by Crippen LogP contribution is -2.55. The summed E-state index contributed by atoms with van der Waals surface area (Å²) >= 11 is 0. The molecule has 1 fully saturated rings. The van der Waals surface area contributed by atoms with E-state index in [1.165, 1.54) is 4.90 Å². The maximum atomic E-state index is 12.2. The molecule has 1 aliphatic rings. The lowest BCUT2D eigenvalue weighted by atomic mass is 10.00. The van der Waals surface area contributed by atoms with Gasteiger partial charge in [-0.05, 0) is 30.5 Å². The molecule has 1 aromatic rings. The average molecular weight is 247 g/mol. The third-order valence-electron chi connectivity index (χ3n) is 3.28. The maximum Gasteiger partial charge on any atom is 0.326 e. The SMILES string of the molecule is CCCc1cccc(C(=O)N2CC[C@@H]2C(=O)O)c1. The monoisotopic (exact) mass is 247 g/mol. The Morgan fingerprint density at radius 2 is 2.22 bits per heavy atom. The van der Waals surface area contributed by atoms with Gasteiger partial charge in [-0.1, -0.05) is 25.5 Å². The van der Waals surface area contributed by atoms with Crippen molar-refractivity contribution < 1.29 is 14.7 Å². The summed E-state index contributed by atoms with van der Waals surface area (Å²) in [6, 6.07) is 6.81. The molecule has 0 unspecified atom stereocenters. The zero-order valence-electron chi connectivity index (χ0n) is 10.4. The normalized spacial score (nSPS) is 18.3. The smallest absolute Gasteiger partial charge is 0.326 e. The zero-order valence-corrected chi connectivity index (χ0v) is 10.4. The predicted molar refractivity (Wildman–Crippen MR) is 67.5 cm³/mol. The molecule has 0 spiro atoms. The second-order valence-corrected chi connectivity index (χ2v) is 4.59. The van der Waals surface area contributed by atoms with E-state index in [9.17, 15) is 9.59 Å². The number of carboxylic acid groups (broad SMARTS) is 1. The number of benzene rings is 1. The van der Waals surface area contributed by atoms with E-state index in [1.807, 2.05) is 18.2 Å². The summed E-state index contributed by atoms with van der Waals surface area (Å²) in [6.07, 6.45) is 2.51. The molecule has 0 aromatic heterocycles. The molecule has 1 N–H and O–H groups in total. The molecule has 1 aliphatic heterocycles. The molecule has 1 heterocycles. The van der Waals surface area contributed by atoms with E-state index in [2.05, 4.69) is 6.92 Å². The highest BCUT2D eigenvalue weighted by Crippen LogP contribution is 2.21. The number of likely N-dealkylation sites (tertiary alicyclic amines) is 1. The molecule has 0 saturated carbocycles. The van der Waals surface area contributed by atoms with Crippen LogP contribution in [0.5, 0.6) is 0 Å². The van der Waals surface area contributed by atoms with Crippen LogP contribution in [0.25, 0.3) is 0 Å². The van der Waals surface area contributed by atoms with Gasteiger partial charge in [0.25, 0.3) is 5.91 Å². The predicted octanol–water partition coefficient (Wildman–Crippen LogP) is 1.94. The Kier molecular flexibility index (Phi) is 3.65. The molecule has 2 rings (SSSR count). The number of hydrogen-bond acceptors (Lipinski definition) is 2. The van der Waals surface area contributed by atoms with E-state index in [4.69, 9.17) is 5.11 Å². The summed E-state index contributed by atoms with van der Waals surface area (Å²) in [4.78, 5) is 24.5. The van der Waals surface area contributed by atoms with Crippen molar-refractivity contribution in [2.24, 2.45) is 0 Å². The van der Waals surface area contributed by atoms with Gasteiger partial charge in [-0.3, -0.25) is 4.79 Å². The molecule has 1 atom stereocenters. The first-order chi connectivity index (χ1) is 8.63. The molecule has 0 aliphatic carbocycles. The molecular weight excluding hydrogens is 230 g/mol. The fourth-order valence-corrected chi connectivity index (χ4v) is 2.20. The Bertz CT molecular complexity index is 470. The van der Waals surface area contributed by atoms with Gasteiger partial charge in [0.1, 0.15) is 6.04 Å². The van der Waals surface area contributed by atoms with E-state index in [0.29, 0.717) is 18.5 Å². The van der Waals surface area contributed by atoms with Gasteiger partial charge in [0.2, 0.25) is 0 Å². The van der Waals surface area contributed by atoms with Crippen LogP contribution in [0.1, 0.15) is 35.7 Å². The van der Waals surface area contributed by atoms with Crippen LogP contribution in [0.3, 0.4) is 0 Å². The molecule has 4 heteroatoms. The topological polar surface area (TPSA) is 57.6 Å². The van der Waals surface area contributed by atoms with Crippen LogP contribution < -0.4 is 0 Å². The van der Waals surface area contributed by atoms with Gasteiger partial charge < -0.3 is 10.0 Å². The highest BCUT2D eigenvalue weighted by atomic mass is 16.4. The summed E-state index contributed by atoms with van der Waals surface area (Å²) in [7, 11) is 0. The van der Waals surface area contributed by atoms with Crippen LogP contribution in [0.2, 0.25) is 0 Å². The van der Waals surface area contributed by atoms with E-state index in [1.54, 1.807) is 6.07 Å². The van der Waals surface area contributed by atoms with Gasteiger partial charge in [0.15, 0.2) is 0 Å². The van der Waals surface area contributed by atoms with Gasteiger partial charge in [0.05, 0.1) is 0 Å². The number of carbonyl (C=O) groups excluding carboxylic acids is 1. The number of hydrogen-bond donors (Lipinski definition) is 1. The number of carboxylic acids is 1. The van der Waals surface area contributed by atoms with Crippen molar-refractivity contribution in [3.05, 3.63) is 35.4 Å². The number of aryl methyl sites for hydroxylation is 1. The van der Waals surface area contributed by atoms with Crippen LogP contribution in [-0.4, -0.2) is 34.5 Å². The fourth-order valence-electron chi connectivity index (χ4n) is 2.20. The van der Waals surface area contributed by atoms with Gasteiger partial charge in [-0.15, -0.1) is 0 Å². The Balaban J connectivity index is 2.13. The summed E-state index contributed by atoms with van der Waals surface area (Å²) in [5.41, 5.74) is 1.71. The maximum absolute atomic E-state index is 12.2. The molecule has 1 saturated heterocycles. The van der Waals surface area contributed by atoms with Crippen molar-refractivity contribution in [1.82, 2.24) is 4.90 Å². The van der Waals surface area contributed by atoms with E-state index in [-0.39, 0.29) is 5.91 Å². The highest BCUT2D eigenvalue weighted by Gasteiger charge is 2.37. The highest BCUT2D eigenvalue weighted by molar-refractivity contribution is 5.97. The van der Waals surface area contributed by atoms with Crippen LogP contribution >= 0.6 is 0 Å². The minimum Gasteiger partial charge on any atom is -0.480 e. The van der Waals surface area contributed by atoms with Crippen molar-refractivity contribution in [3.8, 4) is 0 Å². The summed E-state index contributed by atoms with van der Waals surface area (Å²) < 4.78 is 0. The second-order valence-electron chi connectivity index (χ2n) is 4.59. The van der Waals surface area contributed by atoms with Crippen LogP contribution in [0.15, 0.2) is 24.3 Å². The van der Waals surface area contributed by atoms with Crippen LogP contribution in [-0.2, 0) is 11.2 Å². The Hall–Kier alpha value is -1.84. The molecule has 4 nitrogen and oxygen atoms in total. The lowest BCUT2D eigenvalue weighted by molar-refractivity contribution is -0.146. The molecule has 0 radical (unpaired) electrons. The third-order valence-corrected chi connectivity index (χ3v) is 3.28. The standard InChI is InChI=1S/C14H17NO3/c1-2-4-10-5-3-6-11(9-10)13(16)15-8-7-12(15)14(17)18/h3,5-6,9,12H,2,4,7-8H2,1H3,(H,17,18)/t12-/m1/s1. The number of nitrogens with zero attached hydrogens (tertiary/aromatic N) is 1. The zero-order chi connectivity index (χ0) is 13.1. The first-order valence-electron chi connectivity index (χ1n) is 6.26. The number of carbonyl (C=O) groups is 2. The van der Waals surface area contributed by atoms with Crippen molar-refractivity contribution in [3.63, 3.8) is 0 Å².